The van der Waals surface area contributed by atoms with Crippen molar-refractivity contribution in [2.75, 3.05) is 17.0 Å². The molecule has 0 aliphatic rings. The molecule has 2 rings (SSSR count). The fourth-order valence-corrected chi connectivity index (χ4v) is 2.65. The number of pyridine rings is 1. The highest BCUT2D eigenvalue weighted by atomic mass is 32.2. The molecule has 0 fully saturated rings. The Bertz CT molecular complexity index is 760. The highest BCUT2D eigenvalue weighted by Gasteiger charge is 2.10. The third-order valence-electron chi connectivity index (χ3n) is 2.82. The first kappa shape index (κ1) is 16.7. The fraction of sp³-hybridized carbons (Fsp3) is 0.125. The minimum absolute atomic E-state index is 0.0140. The highest BCUT2D eigenvalue weighted by molar-refractivity contribution is 7.92. The molecule has 2 N–H and O–H groups in total. The Kier molecular flexibility index (Phi) is 5.87. The van der Waals surface area contributed by atoms with Crippen molar-refractivity contribution in [2.24, 2.45) is 0 Å². The summed E-state index contributed by atoms with van der Waals surface area (Å²) in [5.41, 5.74) is 0.895. The molecular formula is C16H17N3O3S. The van der Waals surface area contributed by atoms with Crippen molar-refractivity contribution < 1.29 is 13.2 Å². The normalized spacial score (nSPS) is 11.3. The lowest BCUT2D eigenvalue weighted by Gasteiger charge is -2.07. The SMILES string of the molecule is O=C(/C=C/c1ccccc1)NCCS(=O)(=O)Nc1ccccn1. The topological polar surface area (TPSA) is 88.2 Å². The Morgan fingerprint density at radius 1 is 1.09 bits per heavy atom. The number of hydrogen-bond acceptors (Lipinski definition) is 4. The molecule has 0 aliphatic heterocycles. The van der Waals surface area contributed by atoms with Crippen LogP contribution in [-0.2, 0) is 14.8 Å². The van der Waals surface area contributed by atoms with Gasteiger partial charge in [-0.1, -0.05) is 36.4 Å². The van der Waals surface area contributed by atoms with Crippen molar-refractivity contribution >= 4 is 27.8 Å². The number of anilines is 1. The first-order chi connectivity index (χ1) is 11.1. The van der Waals surface area contributed by atoms with Crippen LogP contribution in [0.5, 0.6) is 0 Å². The van der Waals surface area contributed by atoms with E-state index in [-0.39, 0.29) is 24.0 Å². The van der Waals surface area contributed by atoms with E-state index in [2.05, 4.69) is 15.0 Å². The van der Waals surface area contributed by atoms with E-state index in [9.17, 15) is 13.2 Å². The van der Waals surface area contributed by atoms with Crippen LogP contribution in [0.4, 0.5) is 5.82 Å². The molecule has 0 saturated heterocycles. The van der Waals surface area contributed by atoms with Crippen LogP contribution < -0.4 is 10.0 Å². The second-order valence-electron chi connectivity index (χ2n) is 4.67. The zero-order chi connectivity index (χ0) is 16.5. The highest BCUT2D eigenvalue weighted by Crippen LogP contribution is 2.03. The largest absolute Gasteiger partial charge is 0.351 e. The summed E-state index contributed by atoms with van der Waals surface area (Å²) in [4.78, 5) is 15.5. The van der Waals surface area contributed by atoms with Crippen LogP contribution in [0.25, 0.3) is 6.08 Å². The zero-order valence-electron chi connectivity index (χ0n) is 12.3. The van der Waals surface area contributed by atoms with E-state index in [4.69, 9.17) is 0 Å². The number of benzene rings is 1. The first-order valence-corrected chi connectivity index (χ1v) is 8.63. The Hall–Kier alpha value is -2.67. The van der Waals surface area contributed by atoms with Crippen molar-refractivity contribution in [2.45, 2.75) is 0 Å². The van der Waals surface area contributed by atoms with Crippen LogP contribution in [0.1, 0.15) is 5.56 Å². The van der Waals surface area contributed by atoms with Gasteiger partial charge in [-0.25, -0.2) is 13.4 Å². The van der Waals surface area contributed by atoms with Gasteiger partial charge in [0.1, 0.15) is 5.82 Å². The van der Waals surface area contributed by atoms with Crippen molar-refractivity contribution in [1.82, 2.24) is 10.3 Å². The molecule has 0 saturated carbocycles. The Morgan fingerprint density at radius 3 is 2.52 bits per heavy atom. The van der Waals surface area contributed by atoms with E-state index < -0.39 is 10.0 Å². The molecule has 2 aromatic rings. The fourth-order valence-electron chi connectivity index (χ4n) is 1.74. The van der Waals surface area contributed by atoms with Gasteiger partial charge >= 0.3 is 0 Å². The summed E-state index contributed by atoms with van der Waals surface area (Å²) < 4.78 is 26.0. The van der Waals surface area contributed by atoms with Gasteiger partial charge in [-0.2, -0.15) is 0 Å². The van der Waals surface area contributed by atoms with Crippen molar-refractivity contribution in [3.05, 3.63) is 66.4 Å². The van der Waals surface area contributed by atoms with Crippen LogP contribution in [-0.4, -0.2) is 31.6 Å². The molecule has 0 bridgehead atoms. The zero-order valence-corrected chi connectivity index (χ0v) is 13.2. The number of amides is 1. The number of hydrogen-bond donors (Lipinski definition) is 2. The molecule has 0 radical (unpaired) electrons. The van der Waals surface area contributed by atoms with Crippen molar-refractivity contribution in [3.8, 4) is 0 Å². The van der Waals surface area contributed by atoms with Crippen LogP contribution in [0.3, 0.4) is 0 Å². The molecule has 120 valence electrons. The summed E-state index contributed by atoms with van der Waals surface area (Å²) in [5.74, 6) is -0.321. The van der Waals surface area contributed by atoms with Crippen molar-refractivity contribution in [1.29, 1.82) is 0 Å². The summed E-state index contributed by atoms with van der Waals surface area (Å²) >= 11 is 0. The van der Waals surface area contributed by atoms with Gasteiger partial charge in [0.25, 0.3) is 0 Å². The number of sulfonamides is 1. The number of rotatable bonds is 7. The monoisotopic (exact) mass is 331 g/mol. The average Bonchev–Trinajstić information content (AvgIpc) is 2.54. The summed E-state index contributed by atoms with van der Waals surface area (Å²) in [6.07, 6.45) is 4.53. The molecule has 6 nitrogen and oxygen atoms in total. The summed E-state index contributed by atoms with van der Waals surface area (Å²) in [5, 5.41) is 2.53. The molecule has 23 heavy (non-hydrogen) atoms. The third-order valence-corrected chi connectivity index (χ3v) is 4.08. The van der Waals surface area contributed by atoms with Gasteiger partial charge in [0.05, 0.1) is 5.75 Å². The van der Waals surface area contributed by atoms with E-state index in [1.807, 2.05) is 30.3 Å². The molecule has 0 unspecified atom stereocenters. The lowest BCUT2D eigenvalue weighted by atomic mass is 10.2. The van der Waals surface area contributed by atoms with E-state index in [1.165, 1.54) is 12.3 Å². The van der Waals surface area contributed by atoms with Crippen LogP contribution >= 0.6 is 0 Å². The molecule has 7 heteroatoms. The number of carbonyl (C=O) groups is 1. The Labute approximate surface area is 135 Å². The molecule has 1 aromatic carbocycles. The standard InChI is InChI=1S/C16H17N3O3S/c20-16(10-9-14-6-2-1-3-7-14)18-12-13-23(21,22)19-15-8-4-5-11-17-15/h1-11H,12-13H2,(H,17,19)(H,18,20)/b10-9+. The Morgan fingerprint density at radius 2 is 1.83 bits per heavy atom. The second-order valence-corrected chi connectivity index (χ2v) is 6.51. The number of aromatic nitrogens is 1. The molecule has 0 spiro atoms. The molecule has 0 aliphatic carbocycles. The van der Waals surface area contributed by atoms with Gasteiger partial charge in [0, 0.05) is 18.8 Å². The minimum atomic E-state index is -3.55. The maximum atomic E-state index is 11.8. The molecular weight excluding hydrogens is 314 g/mol. The van der Waals surface area contributed by atoms with Gasteiger partial charge in [0.15, 0.2) is 0 Å². The first-order valence-electron chi connectivity index (χ1n) is 6.98. The number of nitrogens with one attached hydrogen (secondary N) is 2. The predicted molar refractivity (Wildman–Crippen MR) is 90.1 cm³/mol. The average molecular weight is 331 g/mol. The van der Waals surface area contributed by atoms with E-state index in [1.54, 1.807) is 24.3 Å². The number of carbonyl (C=O) groups excluding carboxylic acids is 1. The summed E-state index contributed by atoms with van der Waals surface area (Å²) in [6.45, 7) is 0.0140. The van der Waals surface area contributed by atoms with E-state index >= 15 is 0 Å². The molecule has 1 heterocycles. The maximum absolute atomic E-state index is 11.8. The molecule has 0 atom stereocenters. The third kappa shape index (κ3) is 6.31. The van der Waals surface area contributed by atoms with E-state index in [0.717, 1.165) is 5.56 Å². The van der Waals surface area contributed by atoms with Crippen molar-refractivity contribution in [3.63, 3.8) is 0 Å². The predicted octanol–water partition coefficient (Wildman–Crippen LogP) is 1.65. The summed E-state index contributed by atoms with van der Waals surface area (Å²) in [6, 6.07) is 14.3. The van der Waals surface area contributed by atoms with Crippen LogP contribution in [0, 0.1) is 0 Å². The lowest BCUT2D eigenvalue weighted by Crippen LogP contribution is -2.30. The minimum Gasteiger partial charge on any atom is -0.351 e. The van der Waals surface area contributed by atoms with Crippen LogP contribution in [0.15, 0.2) is 60.8 Å². The molecule has 1 amide bonds. The smallest absolute Gasteiger partial charge is 0.244 e. The van der Waals surface area contributed by atoms with Gasteiger partial charge in [-0.3, -0.25) is 9.52 Å². The lowest BCUT2D eigenvalue weighted by molar-refractivity contribution is -0.116. The van der Waals surface area contributed by atoms with Gasteiger partial charge < -0.3 is 5.32 Å². The summed E-state index contributed by atoms with van der Waals surface area (Å²) in [7, 11) is -3.55. The van der Waals surface area contributed by atoms with Crippen LogP contribution in [0.2, 0.25) is 0 Å². The van der Waals surface area contributed by atoms with Gasteiger partial charge in [-0.05, 0) is 23.8 Å². The van der Waals surface area contributed by atoms with Gasteiger partial charge in [-0.15, -0.1) is 0 Å². The maximum Gasteiger partial charge on any atom is 0.244 e. The van der Waals surface area contributed by atoms with Gasteiger partial charge in [0.2, 0.25) is 15.9 Å². The molecule has 1 aromatic heterocycles. The Balaban J connectivity index is 1.77. The van der Waals surface area contributed by atoms with E-state index in [0.29, 0.717) is 0 Å². The second kappa shape index (κ2) is 8.09. The number of nitrogens with zero attached hydrogens (tertiary/aromatic N) is 1. The quantitative estimate of drug-likeness (QED) is 0.755.